The number of hydrogen-bond donors (Lipinski definition) is 1. The molecule has 2 aromatic rings. The summed E-state index contributed by atoms with van der Waals surface area (Å²) in [5.41, 5.74) is 4.68. The lowest BCUT2D eigenvalue weighted by Crippen LogP contribution is -2.10. The average Bonchev–Trinajstić information content (AvgIpc) is 2.41. The highest BCUT2D eigenvalue weighted by atomic mass is 16.4. The Kier molecular flexibility index (Phi) is 4.51. The topological polar surface area (TPSA) is 50.2 Å². The van der Waals surface area contributed by atoms with Gasteiger partial charge in [-0.05, 0) is 55.0 Å². The summed E-state index contributed by atoms with van der Waals surface area (Å²) in [6.45, 7) is 4.14. The molecule has 1 unspecified atom stereocenters. The van der Waals surface area contributed by atoms with Crippen molar-refractivity contribution in [1.82, 2.24) is 4.98 Å². The lowest BCUT2D eigenvalue weighted by atomic mass is 9.88. The van der Waals surface area contributed by atoms with Crippen LogP contribution < -0.4 is 0 Å². The molecule has 1 N–H and O–H groups in total. The average molecular weight is 269 g/mol. The molecule has 0 aliphatic rings. The zero-order valence-corrected chi connectivity index (χ0v) is 11.8. The number of aryl methyl sites for hydroxylation is 2. The van der Waals surface area contributed by atoms with Gasteiger partial charge in [-0.1, -0.05) is 23.8 Å². The summed E-state index contributed by atoms with van der Waals surface area (Å²) in [6.07, 6.45) is 4.30. The first-order valence-electron chi connectivity index (χ1n) is 6.74. The van der Waals surface area contributed by atoms with Crippen LogP contribution in [-0.2, 0) is 11.2 Å². The summed E-state index contributed by atoms with van der Waals surface area (Å²) < 4.78 is 0. The molecular formula is C17H19NO2. The van der Waals surface area contributed by atoms with Gasteiger partial charge in [0, 0.05) is 12.4 Å². The van der Waals surface area contributed by atoms with Gasteiger partial charge in [0.05, 0.1) is 6.42 Å². The van der Waals surface area contributed by atoms with Crippen LogP contribution in [0.15, 0.2) is 42.7 Å². The summed E-state index contributed by atoms with van der Waals surface area (Å²) in [5.74, 6) is -0.784. The smallest absolute Gasteiger partial charge is 0.303 e. The third-order valence-corrected chi connectivity index (χ3v) is 3.56. The fourth-order valence-corrected chi connectivity index (χ4v) is 2.49. The molecule has 1 atom stereocenters. The predicted octanol–water partition coefficient (Wildman–Crippen LogP) is 3.50. The van der Waals surface area contributed by atoms with Crippen LogP contribution in [0.2, 0.25) is 0 Å². The van der Waals surface area contributed by atoms with E-state index in [-0.39, 0.29) is 12.3 Å². The van der Waals surface area contributed by atoms with Gasteiger partial charge in [-0.2, -0.15) is 0 Å². The van der Waals surface area contributed by atoms with Crippen molar-refractivity contribution in [3.8, 4) is 0 Å². The van der Waals surface area contributed by atoms with Crippen LogP contribution in [0.3, 0.4) is 0 Å². The molecule has 1 aromatic carbocycles. The molecule has 0 bridgehead atoms. The molecule has 20 heavy (non-hydrogen) atoms. The van der Waals surface area contributed by atoms with Gasteiger partial charge in [-0.3, -0.25) is 9.78 Å². The molecule has 0 aliphatic carbocycles. The Hall–Kier alpha value is -2.16. The van der Waals surface area contributed by atoms with Crippen molar-refractivity contribution >= 4 is 5.97 Å². The fraction of sp³-hybridized carbons (Fsp3) is 0.294. The number of carboxylic acid groups (broad SMARTS) is 1. The number of carboxylic acids is 1. The van der Waals surface area contributed by atoms with E-state index in [1.165, 1.54) is 16.7 Å². The van der Waals surface area contributed by atoms with E-state index in [0.717, 1.165) is 12.0 Å². The molecule has 1 heterocycles. The minimum absolute atomic E-state index is 0.0168. The molecule has 0 saturated carbocycles. The fourth-order valence-electron chi connectivity index (χ4n) is 2.49. The number of aliphatic carboxylic acids is 1. The molecule has 1 aromatic heterocycles. The van der Waals surface area contributed by atoms with E-state index in [1.807, 2.05) is 12.1 Å². The maximum absolute atomic E-state index is 11.1. The SMILES string of the molecule is Cc1ccc(CC(CC(=O)O)c2ccncc2)c(C)c1. The Bertz CT molecular complexity index is 593. The van der Waals surface area contributed by atoms with Crippen LogP contribution in [0.25, 0.3) is 0 Å². The number of aromatic nitrogens is 1. The number of hydrogen-bond acceptors (Lipinski definition) is 2. The van der Waals surface area contributed by atoms with Crippen molar-refractivity contribution in [3.05, 3.63) is 65.0 Å². The Morgan fingerprint density at radius 3 is 2.50 bits per heavy atom. The van der Waals surface area contributed by atoms with Gasteiger partial charge in [0.15, 0.2) is 0 Å². The van der Waals surface area contributed by atoms with E-state index in [0.29, 0.717) is 0 Å². The van der Waals surface area contributed by atoms with Crippen molar-refractivity contribution < 1.29 is 9.90 Å². The first-order valence-corrected chi connectivity index (χ1v) is 6.74. The van der Waals surface area contributed by atoms with E-state index in [4.69, 9.17) is 5.11 Å². The van der Waals surface area contributed by atoms with E-state index >= 15 is 0 Å². The third-order valence-electron chi connectivity index (χ3n) is 3.56. The van der Waals surface area contributed by atoms with Gasteiger partial charge in [0.25, 0.3) is 0 Å². The molecule has 0 radical (unpaired) electrons. The highest BCUT2D eigenvalue weighted by Gasteiger charge is 2.17. The van der Waals surface area contributed by atoms with Gasteiger partial charge >= 0.3 is 5.97 Å². The first kappa shape index (κ1) is 14.3. The van der Waals surface area contributed by atoms with E-state index in [2.05, 4.69) is 37.0 Å². The molecule has 0 spiro atoms. The van der Waals surface area contributed by atoms with Gasteiger partial charge in [-0.15, -0.1) is 0 Å². The third kappa shape index (κ3) is 3.67. The quantitative estimate of drug-likeness (QED) is 0.903. The predicted molar refractivity (Wildman–Crippen MR) is 78.9 cm³/mol. The van der Waals surface area contributed by atoms with Crippen LogP contribution >= 0.6 is 0 Å². The second-order valence-electron chi connectivity index (χ2n) is 5.21. The van der Waals surface area contributed by atoms with E-state index in [1.54, 1.807) is 12.4 Å². The second-order valence-corrected chi connectivity index (χ2v) is 5.21. The Labute approximate surface area is 119 Å². The van der Waals surface area contributed by atoms with Gasteiger partial charge < -0.3 is 5.11 Å². The van der Waals surface area contributed by atoms with Crippen molar-refractivity contribution in [2.45, 2.75) is 32.6 Å². The van der Waals surface area contributed by atoms with Gasteiger partial charge in [0.1, 0.15) is 0 Å². The van der Waals surface area contributed by atoms with Crippen LogP contribution in [0.1, 0.15) is 34.6 Å². The second kappa shape index (κ2) is 6.33. The zero-order valence-electron chi connectivity index (χ0n) is 11.8. The summed E-state index contributed by atoms with van der Waals surface area (Å²) >= 11 is 0. The van der Waals surface area contributed by atoms with Crippen LogP contribution in [0.4, 0.5) is 0 Å². The van der Waals surface area contributed by atoms with Crippen molar-refractivity contribution in [2.24, 2.45) is 0 Å². The van der Waals surface area contributed by atoms with Crippen molar-refractivity contribution in [2.75, 3.05) is 0 Å². The van der Waals surface area contributed by atoms with Crippen LogP contribution in [0, 0.1) is 13.8 Å². The summed E-state index contributed by atoms with van der Waals surface area (Å²) in [5, 5.41) is 9.12. The largest absolute Gasteiger partial charge is 0.481 e. The molecule has 0 fully saturated rings. The van der Waals surface area contributed by atoms with Crippen molar-refractivity contribution in [1.29, 1.82) is 0 Å². The molecule has 3 nitrogen and oxygen atoms in total. The van der Waals surface area contributed by atoms with Gasteiger partial charge in [0.2, 0.25) is 0 Å². The number of benzene rings is 1. The van der Waals surface area contributed by atoms with Crippen LogP contribution in [0.5, 0.6) is 0 Å². The lowest BCUT2D eigenvalue weighted by Gasteiger charge is -2.17. The molecule has 0 aliphatic heterocycles. The summed E-state index contributed by atoms with van der Waals surface area (Å²) in [6, 6.07) is 10.1. The molecular weight excluding hydrogens is 250 g/mol. The molecule has 104 valence electrons. The standard InChI is InChI=1S/C17H19NO2/c1-12-3-4-15(13(2)9-12)10-16(11-17(19)20)14-5-7-18-8-6-14/h3-9,16H,10-11H2,1-2H3,(H,19,20). The lowest BCUT2D eigenvalue weighted by molar-refractivity contribution is -0.137. The monoisotopic (exact) mass is 269 g/mol. The minimum Gasteiger partial charge on any atom is -0.481 e. The number of rotatable bonds is 5. The zero-order chi connectivity index (χ0) is 14.5. The Balaban J connectivity index is 2.26. The molecule has 0 amide bonds. The molecule has 0 saturated heterocycles. The maximum Gasteiger partial charge on any atom is 0.303 e. The summed E-state index contributed by atoms with van der Waals surface area (Å²) in [4.78, 5) is 15.1. The maximum atomic E-state index is 11.1. The van der Waals surface area contributed by atoms with E-state index < -0.39 is 5.97 Å². The van der Waals surface area contributed by atoms with Crippen LogP contribution in [-0.4, -0.2) is 16.1 Å². The Morgan fingerprint density at radius 1 is 1.20 bits per heavy atom. The van der Waals surface area contributed by atoms with E-state index in [9.17, 15) is 4.79 Å². The number of carbonyl (C=O) groups is 1. The van der Waals surface area contributed by atoms with Gasteiger partial charge in [-0.25, -0.2) is 0 Å². The molecule has 2 rings (SSSR count). The minimum atomic E-state index is -0.767. The number of nitrogens with zero attached hydrogens (tertiary/aromatic N) is 1. The highest BCUT2D eigenvalue weighted by Crippen LogP contribution is 2.25. The Morgan fingerprint density at radius 2 is 1.90 bits per heavy atom. The van der Waals surface area contributed by atoms with Crippen molar-refractivity contribution in [3.63, 3.8) is 0 Å². The highest BCUT2D eigenvalue weighted by molar-refractivity contribution is 5.68. The number of pyridine rings is 1. The first-order chi connectivity index (χ1) is 9.56. The molecule has 3 heteroatoms. The summed E-state index contributed by atoms with van der Waals surface area (Å²) in [7, 11) is 0. The normalized spacial score (nSPS) is 12.1.